The Labute approximate surface area is 142 Å². The van der Waals surface area contributed by atoms with E-state index >= 15 is 0 Å². The first-order chi connectivity index (χ1) is 11.5. The molecule has 0 unspecified atom stereocenters. The highest BCUT2D eigenvalue weighted by Gasteiger charge is 2.21. The van der Waals surface area contributed by atoms with Gasteiger partial charge in [-0.3, -0.25) is 0 Å². The molecule has 2 rings (SSSR count). The number of phenols is 2. The fraction of sp³-hybridized carbons (Fsp3) is 0.200. The number of allylic oxidation sites excluding steroid dienone is 2. The molecule has 4 nitrogen and oxygen atoms in total. The van der Waals surface area contributed by atoms with Gasteiger partial charge in [-0.25, -0.2) is 0 Å². The van der Waals surface area contributed by atoms with Crippen LogP contribution in [0.25, 0.3) is 11.1 Å². The van der Waals surface area contributed by atoms with Crippen LogP contribution in [0.2, 0.25) is 0 Å². The lowest BCUT2D eigenvalue weighted by Gasteiger charge is -2.17. The SMILES string of the molecule is C=CCc1cc(O)c(-c2c(O)cc(CC=C)cc2OC)c(OC)c1. The number of methoxy groups -OCH3 is 2. The molecule has 0 aliphatic rings. The van der Waals surface area contributed by atoms with E-state index in [1.54, 1.807) is 24.3 Å². The molecule has 0 spiro atoms. The van der Waals surface area contributed by atoms with E-state index in [1.807, 2.05) is 12.1 Å². The first-order valence-electron chi connectivity index (χ1n) is 7.57. The third-order valence-electron chi connectivity index (χ3n) is 3.73. The van der Waals surface area contributed by atoms with Gasteiger partial charge in [0.05, 0.1) is 25.3 Å². The van der Waals surface area contributed by atoms with Crippen molar-refractivity contribution in [2.45, 2.75) is 12.8 Å². The van der Waals surface area contributed by atoms with Crippen molar-refractivity contribution in [3.05, 3.63) is 60.7 Å². The summed E-state index contributed by atoms with van der Waals surface area (Å²) in [7, 11) is 3.04. The maximum absolute atomic E-state index is 10.5. The third kappa shape index (κ3) is 3.38. The molecule has 2 aromatic carbocycles. The molecule has 0 bridgehead atoms. The molecule has 2 aromatic rings. The molecule has 0 radical (unpaired) electrons. The summed E-state index contributed by atoms with van der Waals surface area (Å²) in [6.45, 7) is 7.40. The first-order valence-corrected chi connectivity index (χ1v) is 7.57. The zero-order chi connectivity index (χ0) is 17.7. The van der Waals surface area contributed by atoms with Crippen LogP contribution in [0.4, 0.5) is 0 Å². The summed E-state index contributed by atoms with van der Waals surface area (Å²) in [4.78, 5) is 0. The van der Waals surface area contributed by atoms with Crippen molar-refractivity contribution < 1.29 is 19.7 Å². The van der Waals surface area contributed by atoms with Crippen LogP contribution in [0, 0.1) is 0 Å². The van der Waals surface area contributed by atoms with Gasteiger partial charge in [0.25, 0.3) is 0 Å². The second kappa shape index (κ2) is 7.59. The van der Waals surface area contributed by atoms with Crippen molar-refractivity contribution in [2.24, 2.45) is 0 Å². The fourth-order valence-electron chi connectivity index (χ4n) is 2.71. The Bertz CT molecular complexity index is 697. The van der Waals surface area contributed by atoms with Crippen LogP contribution >= 0.6 is 0 Å². The lowest BCUT2D eigenvalue weighted by atomic mass is 9.96. The number of hydrogen-bond acceptors (Lipinski definition) is 4. The zero-order valence-electron chi connectivity index (χ0n) is 14.0. The molecule has 0 amide bonds. The summed E-state index contributed by atoms with van der Waals surface area (Å²) in [5.41, 5.74) is 2.52. The molecule has 4 heteroatoms. The van der Waals surface area contributed by atoms with E-state index in [9.17, 15) is 10.2 Å². The van der Waals surface area contributed by atoms with E-state index in [1.165, 1.54) is 14.2 Å². The summed E-state index contributed by atoms with van der Waals surface area (Å²) >= 11 is 0. The zero-order valence-corrected chi connectivity index (χ0v) is 14.0. The number of rotatable bonds is 7. The van der Waals surface area contributed by atoms with Crippen molar-refractivity contribution in [1.82, 2.24) is 0 Å². The number of ether oxygens (including phenoxy) is 2. The van der Waals surface area contributed by atoms with Crippen molar-refractivity contribution in [1.29, 1.82) is 0 Å². The summed E-state index contributed by atoms with van der Waals surface area (Å²) in [5, 5.41) is 21.0. The normalized spacial score (nSPS) is 10.2. The molecule has 0 aliphatic heterocycles. The molecule has 0 atom stereocenters. The number of benzene rings is 2. The Kier molecular flexibility index (Phi) is 5.53. The Hall–Kier alpha value is -2.88. The molecule has 0 fully saturated rings. The van der Waals surface area contributed by atoms with Crippen LogP contribution in [0.5, 0.6) is 23.0 Å². The van der Waals surface area contributed by atoms with Crippen LogP contribution < -0.4 is 9.47 Å². The van der Waals surface area contributed by atoms with Gasteiger partial charge in [-0.15, -0.1) is 13.2 Å². The van der Waals surface area contributed by atoms with Crippen molar-refractivity contribution >= 4 is 0 Å². The smallest absolute Gasteiger partial charge is 0.130 e. The second-order valence-corrected chi connectivity index (χ2v) is 5.37. The van der Waals surface area contributed by atoms with E-state index in [0.717, 1.165) is 11.1 Å². The lowest BCUT2D eigenvalue weighted by molar-refractivity contribution is 0.399. The number of phenolic OH excluding ortho intramolecular Hbond substituents is 2. The second-order valence-electron chi connectivity index (χ2n) is 5.37. The maximum atomic E-state index is 10.5. The highest BCUT2D eigenvalue weighted by Crippen LogP contribution is 2.48. The van der Waals surface area contributed by atoms with Gasteiger partial charge in [0, 0.05) is 0 Å². The molecule has 0 saturated carbocycles. The molecule has 0 heterocycles. The minimum atomic E-state index is 0.0104. The molecule has 0 aromatic heterocycles. The van der Waals surface area contributed by atoms with Crippen molar-refractivity contribution in [3.63, 3.8) is 0 Å². The number of hydrogen-bond donors (Lipinski definition) is 2. The summed E-state index contributed by atoms with van der Waals surface area (Å²) in [5.74, 6) is 0.932. The Balaban J connectivity index is 2.71. The number of aromatic hydroxyl groups is 2. The standard InChI is InChI=1S/C20H22O4/c1-5-7-13-9-15(21)19(17(11-13)23-3)20-16(22)10-14(8-6-2)12-18(20)24-4/h5-6,9-12,21-22H,1-2,7-8H2,3-4H3. The monoisotopic (exact) mass is 326 g/mol. The van der Waals surface area contributed by atoms with Crippen LogP contribution in [-0.4, -0.2) is 24.4 Å². The van der Waals surface area contributed by atoms with E-state index in [-0.39, 0.29) is 11.5 Å². The van der Waals surface area contributed by atoms with E-state index in [0.29, 0.717) is 35.5 Å². The van der Waals surface area contributed by atoms with Crippen LogP contribution in [0.3, 0.4) is 0 Å². The Morgan fingerprint density at radius 2 is 1.17 bits per heavy atom. The molecule has 2 N–H and O–H groups in total. The van der Waals surface area contributed by atoms with Crippen molar-refractivity contribution in [2.75, 3.05) is 14.2 Å². The third-order valence-corrected chi connectivity index (χ3v) is 3.73. The molecular formula is C20H22O4. The molecule has 24 heavy (non-hydrogen) atoms. The van der Waals surface area contributed by atoms with Gasteiger partial charge in [-0.1, -0.05) is 12.2 Å². The van der Waals surface area contributed by atoms with Gasteiger partial charge in [-0.05, 0) is 48.2 Å². The Morgan fingerprint density at radius 1 is 0.792 bits per heavy atom. The van der Waals surface area contributed by atoms with Gasteiger partial charge in [-0.2, -0.15) is 0 Å². The maximum Gasteiger partial charge on any atom is 0.130 e. The minimum Gasteiger partial charge on any atom is -0.507 e. The molecule has 126 valence electrons. The van der Waals surface area contributed by atoms with Gasteiger partial charge in [0.2, 0.25) is 0 Å². The fourth-order valence-corrected chi connectivity index (χ4v) is 2.71. The minimum absolute atomic E-state index is 0.0104. The van der Waals surface area contributed by atoms with Gasteiger partial charge >= 0.3 is 0 Å². The first kappa shape index (κ1) is 17.5. The van der Waals surface area contributed by atoms with Gasteiger partial charge < -0.3 is 19.7 Å². The van der Waals surface area contributed by atoms with E-state index in [4.69, 9.17) is 9.47 Å². The van der Waals surface area contributed by atoms with Crippen molar-refractivity contribution in [3.8, 4) is 34.1 Å². The highest BCUT2D eigenvalue weighted by atomic mass is 16.5. The molecule has 0 saturated heterocycles. The summed E-state index contributed by atoms with van der Waals surface area (Å²) in [6, 6.07) is 6.90. The van der Waals surface area contributed by atoms with E-state index in [2.05, 4.69) is 13.2 Å². The largest absolute Gasteiger partial charge is 0.507 e. The summed E-state index contributed by atoms with van der Waals surface area (Å²) in [6.07, 6.45) is 4.70. The average molecular weight is 326 g/mol. The Morgan fingerprint density at radius 3 is 1.46 bits per heavy atom. The predicted octanol–water partition coefficient (Wildman–Crippen LogP) is 4.24. The molecular weight excluding hydrogens is 304 g/mol. The quantitative estimate of drug-likeness (QED) is 0.747. The summed E-state index contributed by atoms with van der Waals surface area (Å²) < 4.78 is 10.8. The van der Waals surface area contributed by atoms with Crippen LogP contribution in [0.1, 0.15) is 11.1 Å². The lowest BCUT2D eigenvalue weighted by Crippen LogP contribution is -1.96. The average Bonchev–Trinajstić information content (AvgIpc) is 2.55. The topological polar surface area (TPSA) is 58.9 Å². The van der Waals surface area contributed by atoms with Gasteiger partial charge in [0.1, 0.15) is 23.0 Å². The highest BCUT2D eigenvalue weighted by molar-refractivity contribution is 5.86. The van der Waals surface area contributed by atoms with Gasteiger partial charge in [0.15, 0.2) is 0 Å². The predicted molar refractivity (Wildman–Crippen MR) is 96.1 cm³/mol. The van der Waals surface area contributed by atoms with Crippen LogP contribution in [-0.2, 0) is 12.8 Å². The van der Waals surface area contributed by atoms with E-state index < -0.39 is 0 Å². The van der Waals surface area contributed by atoms with Crippen LogP contribution in [0.15, 0.2) is 49.6 Å². The molecule has 0 aliphatic carbocycles.